The summed E-state index contributed by atoms with van der Waals surface area (Å²) in [6.45, 7) is 2.89. The predicted molar refractivity (Wildman–Crippen MR) is 136 cm³/mol. The van der Waals surface area contributed by atoms with Crippen molar-refractivity contribution in [1.29, 1.82) is 0 Å². The number of alkyl halides is 1. The molecule has 34 heavy (non-hydrogen) atoms. The SMILES string of the molecule is O=C(COc1ccc(C23CC4CC(CC(C4)C2)C3)cc1)NCCOCCOCCCCCCCl. The highest BCUT2D eigenvalue weighted by molar-refractivity contribution is 6.17. The van der Waals surface area contributed by atoms with E-state index < -0.39 is 0 Å². The van der Waals surface area contributed by atoms with Gasteiger partial charge >= 0.3 is 0 Å². The molecule has 1 N–H and O–H groups in total. The molecule has 0 spiro atoms. The van der Waals surface area contributed by atoms with E-state index in [1.807, 2.05) is 12.1 Å². The van der Waals surface area contributed by atoms with Gasteiger partial charge in [-0.2, -0.15) is 0 Å². The third-order valence-corrected chi connectivity index (χ3v) is 8.25. The van der Waals surface area contributed by atoms with Gasteiger partial charge in [0.05, 0.1) is 19.8 Å². The van der Waals surface area contributed by atoms with Crippen LogP contribution in [0.4, 0.5) is 0 Å². The first-order chi connectivity index (χ1) is 16.7. The van der Waals surface area contributed by atoms with Crippen LogP contribution in [0.15, 0.2) is 24.3 Å². The summed E-state index contributed by atoms with van der Waals surface area (Å²) in [7, 11) is 0. The fraction of sp³-hybridized carbons (Fsp3) is 0.750. The van der Waals surface area contributed by atoms with Crippen LogP contribution >= 0.6 is 11.6 Å². The predicted octanol–water partition coefficient (Wildman–Crippen LogP) is 5.48. The lowest BCUT2D eigenvalue weighted by molar-refractivity contribution is -0.123. The molecule has 6 heteroatoms. The number of unbranched alkanes of at least 4 members (excludes halogenated alkanes) is 3. The lowest BCUT2D eigenvalue weighted by Gasteiger charge is -2.57. The van der Waals surface area contributed by atoms with Crippen LogP contribution in [0.1, 0.15) is 69.8 Å². The summed E-state index contributed by atoms with van der Waals surface area (Å²) < 4.78 is 16.8. The number of carbonyl (C=O) groups is 1. The van der Waals surface area contributed by atoms with Crippen molar-refractivity contribution in [2.24, 2.45) is 17.8 Å². The molecule has 0 atom stereocenters. The van der Waals surface area contributed by atoms with E-state index in [4.69, 9.17) is 25.8 Å². The Kier molecular flexibility index (Phi) is 9.96. The maximum Gasteiger partial charge on any atom is 0.258 e. The lowest BCUT2D eigenvalue weighted by Crippen LogP contribution is -2.48. The molecule has 0 unspecified atom stereocenters. The Labute approximate surface area is 210 Å². The molecule has 1 aromatic carbocycles. The molecule has 4 aliphatic carbocycles. The minimum absolute atomic E-state index is 0.0313. The first-order valence-electron chi connectivity index (χ1n) is 13.4. The summed E-state index contributed by atoms with van der Waals surface area (Å²) in [5, 5.41) is 2.84. The topological polar surface area (TPSA) is 56.8 Å². The van der Waals surface area contributed by atoms with Crippen molar-refractivity contribution in [3.05, 3.63) is 29.8 Å². The van der Waals surface area contributed by atoms with E-state index >= 15 is 0 Å². The van der Waals surface area contributed by atoms with E-state index in [-0.39, 0.29) is 12.5 Å². The number of carbonyl (C=O) groups excluding carboxylic acids is 1. The number of rotatable bonds is 16. The minimum atomic E-state index is -0.123. The average Bonchev–Trinajstić information content (AvgIpc) is 2.83. The normalized spacial score (nSPS) is 27.1. The molecule has 1 aromatic rings. The highest BCUT2D eigenvalue weighted by atomic mass is 35.5. The number of amides is 1. The van der Waals surface area contributed by atoms with Crippen LogP contribution in [0.2, 0.25) is 0 Å². The molecule has 4 fully saturated rings. The van der Waals surface area contributed by atoms with E-state index in [0.29, 0.717) is 31.8 Å². The minimum Gasteiger partial charge on any atom is -0.484 e. The van der Waals surface area contributed by atoms with Gasteiger partial charge in [-0.05, 0) is 92.2 Å². The van der Waals surface area contributed by atoms with Gasteiger partial charge in [0, 0.05) is 19.0 Å². The Morgan fingerprint density at radius 2 is 1.47 bits per heavy atom. The van der Waals surface area contributed by atoms with Crippen LogP contribution in [0.3, 0.4) is 0 Å². The molecule has 190 valence electrons. The van der Waals surface area contributed by atoms with Crippen LogP contribution in [0.5, 0.6) is 5.75 Å². The highest BCUT2D eigenvalue weighted by Gasteiger charge is 2.51. The maximum atomic E-state index is 12.1. The van der Waals surface area contributed by atoms with Gasteiger partial charge < -0.3 is 19.5 Å². The molecule has 1 amide bonds. The van der Waals surface area contributed by atoms with Gasteiger partial charge in [-0.1, -0.05) is 25.0 Å². The van der Waals surface area contributed by atoms with Gasteiger partial charge in [-0.3, -0.25) is 4.79 Å². The van der Waals surface area contributed by atoms with Gasteiger partial charge in [0.1, 0.15) is 5.75 Å². The fourth-order valence-corrected chi connectivity index (χ4v) is 6.99. The maximum absolute atomic E-state index is 12.1. The largest absolute Gasteiger partial charge is 0.484 e. The van der Waals surface area contributed by atoms with Crippen molar-refractivity contribution in [1.82, 2.24) is 5.32 Å². The summed E-state index contributed by atoms with van der Waals surface area (Å²) >= 11 is 5.66. The lowest BCUT2D eigenvalue weighted by atomic mass is 9.48. The van der Waals surface area contributed by atoms with E-state index in [0.717, 1.165) is 55.3 Å². The zero-order chi connectivity index (χ0) is 23.6. The number of ether oxygens (including phenoxy) is 3. The third kappa shape index (κ3) is 7.35. The van der Waals surface area contributed by atoms with Gasteiger partial charge in [-0.25, -0.2) is 0 Å². The summed E-state index contributed by atoms with van der Waals surface area (Å²) in [5.41, 5.74) is 1.88. The van der Waals surface area contributed by atoms with E-state index in [1.54, 1.807) is 0 Å². The molecule has 0 saturated heterocycles. The van der Waals surface area contributed by atoms with Crippen LogP contribution in [-0.4, -0.2) is 51.4 Å². The van der Waals surface area contributed by atoms with Crippen molar-refractivity contribution in [3.63, 3.8) is 0 Å². The Morgan fingerprint density at radius 3 is 2.12 bits per heavy atom. The Hall–Kier alpha value is -1.30. The van der Waals surface area contributed by atoms with Crippen LogP contribution in [0, 0.1) is 17.8 Å². The number of hydrogen-bond acceptors (Lipinski definition) is 4. The summed E-state index contributed by atoms with van der Waals surface area (Å²) in [4.78, 5) is 12.1. The Morgan fingerprint density at radius 1 is 0.853 bits per heavy atom. The van der Waals surface area contributed by atoms with Crippen LogP contribution in [-0.2, 0) is 19.7 Å². The first kappa shape index (κ1) is 25.8. The van der Waals surface area contributed by atoms with E-state index in [2.05, 4.69) is 17.4 Å². The van der Waals surface area contributed by atoms with E-state index in [1.165, 1.54) is 50.5 Å². The van der Waals surface area contributed by atoms with Crippen molar-refractivity contribution >= 4 is 17.5 Å². The molecule has 0 aromatic heterocycles. The highest BCUT2D eigenvalue weighted by Crippen LogP contribution is 2.60. The average molecular weight is 492 g/mol. The van der Waals surface area contributed by atoms with Crippen LogP contribution < -0.4 is 10.1 Å². The Bertz CT molecular complexity index is 718. The quantitative estimate of drug-likeness (QED) is 0.245. The third-order valence-electron chi connectivity index (χ3n) is 7.99. The summed E-state index contributed by atoms with van der Waals surface area (Å²) in [5.74, 6) is 4.21. The molecule has 4 saturated carbocycles. The monoisotopic (exact) mass is 491 g/mol. The number of hydrogen-bond donors (Lipinski definition) is 1. The number of nitrogens with one attached hydrogen (secondary N) is 1. The zero-order valence-electron chi connectivity index (χ0n) is 20.6. The number of halogens is 1. The molecular weight excluding hydrogens is 450 g/mol. The zero-order valence-corrected chi connectivity index (χ0v) is 21.3. The second-order valence-electron chi connectivity index (χ2n) is 10.7. The van der Waals surface area contributed by atoms with Crippen molar-refractivity contribution in [3.8, 4) is 5.75 Å². The molecule has 0 heterocycles. The fourth-order valence-electron chi connectivity index (χ4n) is 6.81. The van der Waals surface area contributed by atoms with Gasteiger partial charge in [0.2, 0.25) is 0 Å². The molecular formula is C28H42ClNO4. The van der Waals surface area contributed by atoms with Gasteiger partial charge in [-0.15, -0.1) is 11.6 Å². The van der Waals surface area contributed by atoms with Crippen molar-refractivity contribution in [2.75, 3.05) is 45.5 Å². The molecule has 4 bridgehead atoms. The molecule has 5 nitrogen and oxygen atoms in total. The number of benzene rings is 1. The summed E-state index contributed by atoms with van der Waals surface area (Å²) in [6, 6.07) is 8.58. The molecule has 0 radical (unpaired) electrons. The molecule has 5 rings (SSSR count). The van der Waals surface area contributed by atoms with Crippen molar-refractivity contribution in [2.45, 2.75) is 69.6 Å². The van der Waals surface area contributed by atoms with Gasteiger partial charge in [0.25, 0.3) is 5.91 Å². The smallest absolute Gasteiger partial charge is 0.258 e. The second-order valence-corrected chi connectivity index (χ2v) is 11.1. The summed E-state index contributed by atoms with van der Waals surface area (Å²) in [6.07, 6.45) is 13.0. The second kappa shape index (κ2) is 13.1. The first-order valence-corrected chi connectivity index (χ1v) is 13.9. The van der Waals surface area contributed by atoms with Crippen molar-refractivity contribution < 1.29 is 19.0 Å². The standard InChI is InChI=1S/C28H42ClNO4/c29-9-3-1-2-4-11-32-13-14-33-12-10-30-27(31)21-34-26-7-5-25(6-8-26)28-18-22-15-23(19-28)17-24(16-22)20-28/h5-8,22-24H,1-4,9-21H2,(H,30,31). The molecule has 4 aliphatic rings. The molecule has 0 aliphatic heterocycles. The van der Waals surface area contributed by atoms with E-state index in [9.17, 15) is 4.79 Å². The van der Waals surface area contributed by atoms with Crippen LogP contribution in [0.25, 0.3) is 0 Å². The van der Waals surface area contributed by atoms with Gasteiger partial charge in [0.15, 0.2) is 6.61 Å². The Balaban J connectivity index is 1.04.